The molecule has 0 spiro atoms. The molecule has 2 heterocycles. The number of benzene rings is 6. The molecule has 6 aromatic carbocycles. The van der Waals surface area contributed by atoms with Crippen molar-refractivity contribution in [2.45, 2.75) is 66.5 Å². The summed E-state index contributed by atoms with van der Waals surface area (Å²) in [6.45, 7) is 11.0. The number of unbranched alkanes of at least 4 members (excludes halogenated alkanes) is 1. The van der Waals surface area contributed by atoms with E-state index in [4.69, 9.17) is 30.3 Å². The minimum Gasteiger partial charge on any atom is -0.508 e. The lowest BCUT2D eigenvalue weighted by atomic mass is 10.1. The van der Waals surface area contributed by atoms with Crippen LogP contribution in [-0.2, 0) is 0 Å². The van der Waals surface area contributed by atoms with Gasteiger partial charge in [-0.3, -0.25) is 0 Å². The number of thiazole rings is 2. The first-order valence-electron chi connectivity index (χ1n) is 20.7. The third-order valence-corrected chi connectivity index (χ3v) is 11.8. The van der Waals surface area contributed by atoms with Crippen LogP contribution in [0.15, 0.2) is 125 Å². The molecule has 0 radical (unpaired) electrons. The largest absolute Gasteiger partial charge is 0.508 e. The summed E-state index contributed by atoms with van der Waals surface area (Å²) in [4.78, 5) is 9.48. The summed E-state index contributed by atoms with van der Waals surface area (Å²) < 4.78 is 48.5. The first-order valence-corrected chi connectivity index (χ1v) is 22.4. The van der Waals surface area contributed by atoms with E-state index in [1.165, 1.54) is 43.8 Å². The van der Waals surface area contributed by atoms with Crippen LogP contribution in [0.4, 0.5) is 30.2 Å². The number of phenols is 2. The Balaban J connectivity index is 0.000000175. The fourth-order valence-electron chi connectivity index (χ4n) is 6.35. The standard InChI is InChI=1S/C25H25N3O2S.C15H14N2S.C10H11F3O2/c1-4-5-12-30-23-15-19(29)8-11-21(23)28-27-18-7-9-20(17(3)14-18)25-26-22-10-6-16(2)13-24(22)31-25;1-9-3-6-13-14(7-9)18-15(17-13)12-5-4-11(16)8-10(12)2;11-10(12,13)5-2-6-15-9-4-1-3-8(14)7-9/h6-11,13-15,29H,4-5,12H2,1-3H3;3-8H,16H2,1-2H3;1,3-4,7,14H,2,5-6H2. The number of azo groups is 1. The minimum atomic E-state index is -4.14. The Labute approximate surface area is 378 Å². The number of nitrogen functional groups attached to an aromatic ring is 1. The number of fused-ring (bicyclic) bond motifs is 2. The SMILES string of the molecule is CCCCOc1cc(O)ccc1N=Nc1ccc(-c2nc3ccc(C)cc3s2)c(C)c1.Cc1ccc2nc(-c3ccc(N)cc3C)sc2c1.Oc1cccc(OCCCC(F)(F)F)c1. The number of phenolic OH excluding ortho intramolecular Hbond substituents is 2. The number of halogens is 3. The number of aryl methyl sites for hydroxylation is 4. The first-order chi connectivity index (χ1) is 30.6. The number of hydrogen-bond acceptors (Lipinski definition) is 11. The summed E-state index contributed by atoms with van der Waals surface area (Å²) in [6, 6.07) is 35.5. The predicted molar refractivity (Wildman–Crippen MR) is 255 cm³/mol. The van der Waals surface area contributed by atoms with Gasteiger partial charge in [0.15, 0.2) is 0 Å². The van der Waals surface area contributed by atoms with Gasteiger partial charge in [0, 0.05) is 35.4 Å². The fourth-order valence-corrected chi connectivity index (χ4v) is 8.65. The normalized spacial score (nSPS) is 11.3. The van der Waals surface area contributed by atoms with Crippen LogP contribution >= 0.6 is 22.7 Å². The third kappa shape index (κ3) is 13.5. The molecule has 14 heteroatoms. The summed E-state index contributed by atoms with van der Waals surface area (Å²) in [6.07, 6.45) is -3.10. The monoisotopic (exact) mass is 905 g/mol. The van der Waals surface area contributed by atoms with Gasteiger partial charge < -0.3 is 25.4 Å². The van der Waals surface area contributed by atoms with Gasteiger partial charge in [-0.05, 0) is 148 Å². The molecule has 0 bridgehead atoms. The van der Waals surface area contributed by atoms with Gasteiger partial charge in [-0.2, -0.15) is 18.3 Å². The van der Waals surface area contributed by atoms with Gasteiger partial charge in [0.2, 0.25) is 0 Å². The zero-order chi connectivity index (χ0) is 45.8. The smallest absolute Gasteiger partial charge is 0.389 e. The highest BCUT2D eigenvalue weighted by molar-refractivity contribution is 7.22. The van der Waals surface area contributed by atoms with Gasteiger partial charge in [-0.25, -0.2) is 9.97 Å². The van der Waals surface area contributed by atoms with E-state index >= 15 is 0 Å². The maximum atomic E-state index is 11.7. The van der Waals surface area contributed by atoms with Gasteiger partial charge in [-0.1, -0.05) is 31.5 Å². The molecular weight excluding hydrogens is 856 g/mol. The molecule has 0 aliphatic rings. The summed E-state index contributed by atoms with van der Waals surface area (Å²) in [5, 5.41) is 29.6. The van der Waals surface area contributed by atoms with E-state index in [1.54, 1.807) is 53.0 Å². The zero-order valence-electron chi connectivity index (χ0n) is 36.2. The van der Waals surface area contributed by atoms with Crippen molar-refractivity contribution in [2.24, 2.45) is 10.2 Å². The summed E-state index contributed by atoms with van der Waals surface area (Å²) in [5.74, 6) is 1.09. The molecule has 8 rings (SSSR count). The molecule has 64 heavy (non-hydrogen) atoms. The number of aromatic nitrogens is 2. The second-order valence-electron chi connectivity index (χ2n) is 15.2. The van der Waals surface area contributed by atoms with E-state index in [9.17, 15) is 18.3 Å². The number of alkyl halides is 3. The molecule has 8 aromatic rings. The molecule has 0 fully saturated rings. The van der Waals surface area contributed by atoms with Crippen LogP contribution in [0.2, 0.25) is 0 Å². The molecule has 332 valence electrons. The Morgan fingerprint density at radius 2 is 1.25 bits per heavy atom. The molecule has 2 aromatic heterocycles. The van der Waals surface area contributed by atoms with Crippen LogP contribution in [0.25, 0.3) is 41.6 Å². The van der Waals surface area contributed by atoms with E-state index in [2.05, 4.69) is 87.3 Å². The van der Waals surface area contributed by atoms with Crippen molar-refractivity contribution in [3.8, 4) is 44.1 Å². The maximum absolute atomic E-state index is 11.7. The Hall–Kier alpha value is -6.51. The van der Waals surface area contributed by atoms with Crippen molar-refractivity contribution in [3.63, 3.8) is 0 Å². The van der Waals surface area contributed by atoms with E-state index in [0.29, 0.717) is 23.8 Å². The van der Waals surface area contributed by atoms with E-state index in [1.807, 2.05) is 30.3 Å². The second kappa shape index (κ2) is 21.7. The number of ether oxygens (including phenoxy) is 2. The molecule has 0 amide bonds. The predicted octanol–water partition coefficient (Wildman–Crippen LogP) is 15.2. The van der Waals surface area contributed by atoms with E-state index in [0.717, 1.165) is 56.4 Å². The topological polar surface area (TPSA) is 135 Å². The van der Waals surface area contributed by atoms with Gasteiger partial charge in [-0.15, -0.1) is 27.8 Å². The van der Waals surface area contributed by atoms with Gasteiger partial charge in [0.25, 0.3) is 0 Å². The molecule has 0 aliphatic heterocycles. The summed E-state index contributed by atoms with van der Waals surface area (Å²) >= 11 is 3.43. The lowest BCUT2D eigenvalue weighted by molar-refractivity contribution is -0.136. The van der Waals surface area contributed by atoms with Crippen LogP contribution < -0.4 is 15.2 Å². The molecule has 4 N–H and O–H groups in total. The fraction of sp³-hybridized carbons (Fsp3) is 0.240. The van der Waals surface area contributed by atoms with Crippen LogP contribution in [0.3, 0.4) is 0 Å². The minimum absolute atomic E-state index is 0.0109. The van der Waals surface area contributed by atoms with Crippen molar-refractivity contribution in [1.82, 2.24) is 9.97 Å². The van der Waals surface area contributed by atoms with Crippen LogP contribution in [0, 0.1) is 27.7 Å². The average molecular weight is 906 g/mol. The Kier molecular flexibility index (Phi) is 15.9. The lowest BCUT2D eigenvalue weighted by Gasteiger charge is -2.08. The second-order valence-corrected chi connectivity index (χ2v) is 17.2. The Bertz CT molecular complexity index is 2860. The molecule has 0 atom stereocenters. The number of aromatic hydroxyl groups is 2. The quantitative estimate of drug-likeness (QED) is 0.0631. The van der Waals surface area contributed by atoms with Gasteiger partial charge >= 0.3 is 6.18 Å². The number of rotatable bonds is 12. The Morgan fingerprint density at radius 3 is 1.84 bits per heavy atom. The molecule has 0 aliphatic carbocycles. The van der Waals surface area contributed by atoms with Crippen molar-refractivity contribution in [3.05, 3.63) is 138 Å². The summed E-state index contributed by atoms with van der Waals surface area (Å²) in [7, 11) is 0. The van der Waals surface area contributed by atoms with Crippen LogP contribution in [-0.4, -0.2) is 39.6 Å². The van der Waals surface area contributed by atoms with Crippen molar-refractivity contribution >= 4 is 60.2 Å². The number of hydrogen-bond donors (Lipinski definition) is 3. The number of nitrogens with two attached hydrogens (primary N) is 1. The van der Waals surface area contributed by atoms with Gasteiger partial charge in [0.05, 0.1) is 39.3 Å². The molecular formula is C50H50F3N5O4S2. The lowest BCUT2D eigenvalue weighted by Crippen LogP contribution is -2.09. The van der Waals surface area contributed by atoms with Gasteiger partial charge in [0.1, 0.15) is 38.7 Å². The van der Waals surface area contributed by atoms with Crippen LogP contribution in [0.5, 0.6) is 23.0 Å². The highest BCUT2D eigenvalue weighted by Crippen LogP contribution is 2.37. The number of nitrogens with zero attached hydrogens (tertiary/aromatic N) is 4. The molecule has 9 nitrogen and oxygen atoms in total. The molecule has 0 saturated carbocycles. The Morgan fingerprint density at radius 1 is 0.641 bits per heavy atom. The highest BCUT2D eigenvalue weighted by atomic mass is 32.1. The highest BCUT2D eigenvalue weighted by Gasteiger charge is 2.26. The van der Waals surface area contributed by atoms with E-state index < -0.39 is 12.6 Å². The molecule has 0 unspecified atom stereocenters. The maximum Gasteiger partial charge on any atom is 0.389 e. The van der Waals surface area contributed by atoms with Crippen LogP contribution in [0.1, 0.15) is 54.9 Å². The number of anilines is 1. The third-order valence-electron chi connectivity index (χ3n) is 9.67. The molecule has 0 saturated heterocycles. The van der Waals surface area contributed by atoms with Crippen molar-refractivity contribution in [1.29, 1.82) is 0 Å². The van der Waals surface area contributed by atoms with E-state index in [-0.39, 0.29) is 24.5 Å². The van der Waals surface area contributed by atoms with Crippen molar-refractivity contribution < 1.29 is 32.9 Å². The summed E-state index contributed by atoms with van der Waals surface area (Å²) in [5.41, 5.74) is 17.1. The average Bonchev–Trinajstić information content (AvgIpc) is 3.86. The van der Waals surface area contributed by atoms with Crippen molar-refractivity contribution in [2.75, 3.05) is 18.9 Å². The zero-order valence-corrected chi connectivity index (χ0v) is 37.9. The first kappa shape index (κ1) is 47.0.